The topological polar surface area (TPSA) is 84.9 Å². The summed E-state index contributed by atoms with van der Waals surface area (Å²) in [6.45, 7) is 1.03. The summed E-state index contributed by atoms with van der Waals surface area (Å²) in [5.74, 6) is 0.0827. The maximum atomic E-state index is 12.5. The zero-order valence-corrected chi connectivity index (χ0v) is 14.4. The molecule has 0 bridgehead atoms. The van der Waals surface area contributed by atoms with Gasteiger partial charge in [0.15, 0.2) is 11.5 Å². The first-order chi connectivity index (χ1) is 11.6. The third-order valence-corrected chi connectivity index (χ3v) is 5.35. The van der Waals surface area contributed by atoms with E-state index in [4.69, 9.17) is 14.6 Å². The maximum Gasteiger partial charge on any atom is 0.306 e. The van der Waals surface area contributed by atoms with Crippen molar-refractivity contribution in [3.63, 3.8) is 0 Å². The van der Waals surface area contributed by atoms with Crippen LogP contribution >= 0.6 is 11.8 Å². The molecular weight excluding hydrogens is 330 g/mol. The van der Waals surface area contributed by atoms with Crippen LogP contribution < -0.4 is 14.8 Å². The van der Waals surface area contributed by atoms with Crippen molar-refractivity contribution in [1.29, 1.82) is 0 Å². The van der Waals surface area contributed by atoms with Gasteiger partial charge in [-0.2, -0.15) is 0 Å². The van der Waals surface area contributed by atoms with Crippen molar-refractivity contribution in [3.8, 4) is 11.5 Å². The summed E-state index contributed by atoms with van der Waals surface area (Å²) >= 11 is 1.53. The molecule has 1 heterocycles. The van der Waals surface area contributed by atoms with Gasteiger partial charge in [-0.05, 0) is 38.0 Å². The minimum atomic E-state index is -0.759. The fraction of sp³-hybridized carbons (Fsp3) is 0.529. The van der Waals surface area contributed by atoms with Gasteiger partial charge >= 0.3 is 5.97 Å². The van der Waals surface area contributed by atoms with Crippen LogP contribution in [0.2, 0.25) is 0 Å². The molecule has 0 unspecified atom stereocenters. The lowest BCUT2D eigenvalue weighted by Crippen LogP contribution is -2.29. The number of anilines is 1. The van der Waals surface area contributed by atoms with Crippen LogP contribution in [0, 0.1) is 11.8 Å². The molecule has 0 atom stereocenters. The molecule has 0 spiro atoms. The molecule has 7 heteroatoms. The molecule has 0 radical (unpaired) electrons. The summed E-state index contributed by atoms with van der Waals surface area (Å²) in [6, 6.07) is 3.69. The highest BCUT2D eigenvalue weighted by atomic mass is 32.2. The number of thioether (sulfide) groups is 1. The molecule has 2 N–H and O–H groups in total. The SMILES string of the molecule is CSc1cc2c(cc1NC(=O)C1CCC(C(=O)O)CC1)OCCO2. The minimum Gasteiger partial charge on any atom is -0.486 e. The van der Waals surface area contributed by atoms with Gasteiger partial charge in [0.2, 0.25) is 5.91 Å². The molecule has 1 aromatic carbocycles. The molecule has 6 nitrogen and oxygen atoms in total. The number of carbonyl (C=O) groups is 2. The van der Waals surface area contributed by atoms with Crippen LogP contribution in [-0.2, 0) is 9.59 Å². The van der Waals surface area contributed by atoms with Crippen LogP contribution in [-0.4, -0.2) is 36.5 Å². The molecule has 0 saturated heterocycles. The van der Waals surface area contributed by atoms with E-state index in [1.54, 1.807) is 6.07 Å². The fourth-order valence-corrected chi connectivity index (χ4v) is 3.73. The number of hydrogen-bond acceptors (Lipinski definition) is 5. The number of nitrogens with one attached hydrogen (secondary N) is 1. The molecule has 1 amide bonds. The maximum absolute atomic E-state index is 12.5. The van der Waals surface area contributed by atoms with E-state index >= 15 is 0 Å². The van der Waals surface area contributed by atoms with Crippen LogP contribution in [0.3, 0.4) is 0 Å². The first-order valence-corrected chi connectivity index (χ1v) is 9.32. The summed E-state index contributed by atoms with van der Waals surface area (Å²) in [7, 11) is 0. The van der Waals surface area contributed by atoms with Crippen LogP contribution in [0.5, 0.6) is 11.5 Å². The predicted octanol–water partition coefficient (Wildman–Crippen LogP) is 3.01. The van der Waals surface area contributed by atoms with E-state index in [1.807, 2.05) is 12.3 Å². The second-order valence-corrected chi connectivity index (χ2v) is 6.92. The molecular formula is C17H21NO5S. The summed E-state index contributed by atoms with van der Waals surface area (Å²) in [5, 5.41) is 12.0. The van der Waals surface area contributed by atoms with Gasteiger partial charge in [-0.1, -0.05) is 0 Å². The number of hydrogen-bond donors (Lipinski definition) is 2. The molecule has 0 aromatic heterocycles. The van der Waals surface area contributed by atoms with Gasteiger partial charge in [-0.15, -0.1) is 11.8 Å². The molecule has 130 valence electrons. The van der Waals surface area contributed by atoms with Gasteiger partial charge < -0.3 is 19.9 Å². The van der Waals surface area contributed by atoms with Crippen molar-refractivity contribution in [2.24, 2.45) is 11.8 Å². The second kappa shape index (κ2) is 7.34. The van der Waals surface area contributed by atoms with Crippen LogP contribution in [0.15, 0.2) is 17.0 Å². The highest BCUT2D eigenvalue weighted by Crippen LogP contribution is 2.40. The third-order valence-electron chi connectivity index (χ3n) is 4.57. The van der Waals surface area contributed by atoms with Crippen molar-refractivity contribution in [3.05, 3.63) is 12.1 Å². The lowest BCUT2D eigenvalue weighted by Gasteiger charge is -2.26. The van der Waals surface area contributed by atoms with Gasteiger partial charge in [0, 0.05) is 16.9 Å². The van der Waals surface area contributed by atoms with E-state index in [-0.39, 0.29) is 17.7 Å². The normalized spacial score (nSPS) is 22.7. The standard InChI is InChI=1S/C17H21NO5S/c1-24-15-9-14-13(22-6-7-23-14)8-12(15)18-16(19)10-2-4-11(5-3-10)17(20)21/h8-11H,2-7H2,1H3,(H,18,19)(H,20,21). The molecule has 1 aromatic rings. The van der Waals surface area contributed by atoms with Crippen molar-refractivity contribution < 1.29 is 24.2 Å². The van der Waals surface area contributed by atoms with Crippen molar-refractivity contribution in [1.82, 2.24) is 0 Å². The molecule has 1 aliphatic carbocycles. The van der Waals surface area contributed by atoms with E-state index in [2.05, 4.69) is 5.32 Å². The summed E-state index contributed by atoms with van der Waals surface area (Å²) < 4.78 is 11.2. The predicted molar refractivity (Wildman–Crippen MR) is 90.9 cm³/mol. The van der Waals surface area contributed by atoms with Gasteiger partial charge in [0.25, 0.3) is 0 Å². The Labute approximate surface area is 144 Å². The lowest BCUT2D eigenvalue weighted by molar-refractivity contribution is -0.143. The van der Waals surface area contributed by atoms with Crippen molar-refractivity contribution in [2.45, 2.75) is 30.6 Å². The van der Waals surface area contributed by atoms with E-state index < -0.39 is 5.97 Å². The number of carbonyl (C=O) groups excluding carboxylic acids is 1. The molecule has 2 aliphatic rings. The Balaban J connectivity index is 1.69. The van der Waals surface area contributed by atoms with E-state index in [0.29, 0.717) is 50.4 Å². The van der Waals surface area contributed by atoms with Crippen molar-refractivity contribution >= 4 is 29.3 Å². The second-order valence-electron chi connectivity index (χ2n) is 6.07. The summed E-state index contributed by atoms with van der Waals surface area (Å²) in [4.78, 5) is 24.5. The Morgan fingerprint density at radius 3 is 2.25 bits per heavy atom. The molecule has 24 heavy (non-hydrogen) atoms. The Kier molecular flexibility index (Phi) is 5.18. The fourth-order valence-electron chi connectivity index (χ4n) is 3.17. The van der Waals surface area contributed by atoms with Crippen LogP contribution in [0.1, 0.15) is 25.7 Å². The van der Waals surface area contributed by atoms with Gasteiger partial charge in [0.1, 0.15) is 13.2 Å². The lowest BCUT2D eigenvalue weighted by atomic mass is 9.81. The molecule has 1 aliphatic heterocycles. The number of ether oxygens (including phenoxy) is 2. The average Bonchev–Trinajstić information content (AvgIpc) is 2.61. The van der Waals surface area contributed by atoms with Gasteiger partial charge in [-0.3, -0.25) is 9.59 Å². The smallest absolute Gasteiger partial charge is 0.306 e. The van der Waals surface area contributed by atoms with Gasteiger partial charge in [-0.25, -0.2) is 0 Å². The Hall–Kier alpha value is -1.89. The minimum absolute atomic E-state index is 0.0502. The monoisotopic (exact) mass is 351 g/mol. The third kappa shape index (κ3) is 3.61. The van der Waals surface area contributed by atoms with Crippen LogP contribution in [0.4, 0.5) is 5.69 Å². The van der Waals surface area contributed by atoms with E-state index in [9.17, 15) is 9.59 Å². The average molecular weight is 351 g/mol. The number of rotatable bonds is 4. The van der Waals surface area contributed by atoms with E-state index in [1.165, 1.54) is 11.8 Å². The number of amides is 1. The zero-order valence-electron chi connectivity index (χ0n) is 13.5. The number of benzene rings is 1. The zero-order chi connectivity index (χ0) is 17.1. The largest absolute Gasteiger partial charge is 0.486 e. The summed E-state index contributed by atoms with van der Waals surface area (Å²) in [6.07, 6.45) is 4.29. The number of carboxylic acids is 1. The quantitative estimate of drug-likeness (QED) is 0.811. The van der Waals surface area contributed by atoms with Crippen molar-refractivity contribution in [2.75, 3.05) is 24.8 Å². The Morgan fingerprint density at radius 2 is 1.67 bits per heavy atom. The molecule has 3 rings (SSSR count). The first kappa shape index (κ1) is 17.0. The van der Waals surface area contributed by atoms with Gasteiger partial charge in [0.05, 0.1) is 11.6 Å². The Bertz CT molecular complexity index is 640. The number of fused-ring (bicyclic) bond motifs is 1. The summed E-state index contributed by atoms with van der Waals surface area (Å²) in [5.41, 5.74) is 0.720. The van der Waals surface area contributed by atoms with Crippen LogP contribution in [0.25, 0.3) is 0 Å². The van der Waals surface area contributed by atoms with E-state index in [0.717, 1.165) is 10.6 Å². The number of aliphatic carboxylic acids is 1. The highest BCUT2D eigenvalue weighted by Gasteiger charge is 2.30. The first-order valence-electron chi connectivity index (χ1n) is 8.09. The highest BCUT2D eigenvalue weighted by molar-refractivity contribution is 7.98. The Morgan fingerprint density at radius 1 is 1.08 bits per heavy atom. The number of carboxylic acid groups (broad SMARTS) is 1. The molecule has 1 fully saturated rings. The molecule has 1 saturated carbocycles.